The van der Waals surface area contributed by atoms with E-state index in [-0.39, 0.29) is 5.91 Å². The van der Waals surface area contributed by atoms with Crippen molar-refractivity contribution in [3.8, 4) is 0 Å². The van der Waals surface area contributed by atoms with E-state index < -0.39 is 0 Å². The fourth-order valence-corrected chi connectivity index (χ4v) is 2.55. The van der Waals surface area contributed by atoms with Gasteiger partial charge in [0.2, 0.25) is 5.91 Å². The molecule has 0 spiro atoms. The van der Waals surface area contributed by atoms with Crippen LogP contribution in [-0.2, 0) is 4.79 Å². The fourth-order valence-electron chi connectivity index (χ4n) is 2.55. The standard InChI is InChI=1S/C17H19N3O/c1-19(2)12-11-17(21)18-20-15-9-5-3-7-13(15)14-8-4-6-10-16(14)20/h3-10H,11-12H2,1-2H3,(H,18,21). The lowest BCUT2D eigenvalue weighted by Crippen LogP contribution is -2.26. The van der Waals surface area contributed by atoms with Crippen LogP contribution in [0.1, 0.15) is 6.42 Å². The molecule has 0 unspecified atom stereocenters. The number of carbonyl (C=O) groups excluding carboxylic acids is 1. The van der Waals surface area contributed by atoms with Crippen LogP contribution in [0, 0.1) is 0 Å². The van der Waals surface area contributed by atoms with Gasteiger partial charge in [-0.05, 0) is 26.2 Å². The van der Waals surface area contributed by atoms with Crippen molar-refractivity contribution < 1.29 is 4.79 Å². The van der Waals surface area contributed by atoms with Gasteiger partial charge >= 0.3 is 0 Å². The molecule has 1 heterocycles. The minimum absolute atomic E-state index is 0.0233. The Morgan fingerprint density at radius 3 is 2.05 bits per heavy atom. The number of amides is 1. The van der Waals surface area contributed by atoms with Gasteiger partial charge in [-0.25, -0.2) is 0 Å². The summed E-state index contributed by atoms with van der Waals surface area (Å²) in [5, 5.41) is 2.31. The molecule has 0 atom stereocenters. The normalized spacial score (nSPS) is 11.4. The molecule has 21 heavy (non-hydrogen) atoms. The fraction of sp³-hybridized carbons (Fsp3) is 0.235. The van der Waals surface area contributed by atoms with Crippen molar-refractivity contribution in [1.29, 1.82) is 0 Å². The van der Waals surface area contributed by atoms with Gasteiger partial charge in [0.05, 0.1) is 11.0 Å². The van der Waals surface area contributed by atoms with Crippen LogP contribution >= 0.6 is 0 Å². The number of benzene rings is 2. The predicted molar refractivity (Wildman–Crippen MR) is 87.0 cm³/mol. The van der Waals surface area contributed by atoms with Crippen LogP contribution < -0.4 is 5.43 Å². The molecule has 2 aromatic carbocycles. The number of nitrogens with one attached hydrogen (secondary N) is 1. The van der Waals surface area contributed by atoms with Crippen molar-refractivity contribution in [3.05, 3.63) is 48.5 Å². The third-order valence-electron chi connectivity index (χ3n) is 3.60. The maximum absolute atomic E-state index is 12.1. The van der Waals surface area contributed by atoms with E-state index in [0.29, 0.717) is 6.42 Å². The average molecular weight is 281 g/mol. The van der Waals surface area contributed by atoms with Crippen LogP contribution in [0.3, 0.4) is 0 Å². The van der Waals surface area contributed by atoms with Gasteiger partial charge in [-0.3, -0.25) is 14.9 Å². The lowest BCUT2D eigenvalue weighted by Gasteiger charge is -2.12. The maximum atomic E-state index is 12.1. The summed E-state index contributed by atoms with van der Waals surface area (Å²) in [4.78, 5) is 14.1. The van der Waals surface area contributed by atoms with Crippen molar-refractivity contribution in [3.63, 3.8) is 0 Å². The predicted octanol–water partition coefficient (Wildman–Crippen LogP) is 2.82. The second-order valence-corrected chi connectivity index (χ2v) is 5.46. The quantitative estimate of drug-likeness (QED) is 0.798. The summed E-state index contributed by atoms with van der Waals surface area (Å²) in [5.41, 5.74) is 5.06. The molecule has 4 nitrogen and oxygen atoms in total. The Morgan fingerprint density at radius 1 is 1.00 bits per heavy atom. The molecule has 0 aliphatic heterocycles. The van der Waals surface area contributed by atoms with Gasteiger partial charge < -0.3 is 4.90 Å². The van der Waals surface area contributed by atoms with Crippen LogP contribution in [0.5, 0.6) is 0 Å². The monoisotopic (exact) mass is 281 g/mol. The molecule has 0 fully saturated rings. The number of nitrogens with zero attached hydrogens (tertiary/aromatic N) is 2. The van der Waals surface area contributed by atoms with E-state index in [0.717, 1.165) is 28.4 Å². The number of para-hydroxylation sites is 2. The van der Waals surface area contributed by atoms with Crippen LogP contribution in [-0.4, -0.2) is 36.1 Å². The lowest BCUT2D eigenvalue weighted by molar-refractivity contribution is -0.117. The summed E-state index contributed by atoms with van der Waals surface area (Å²) in [6.45, 7) is 0.739. The van der Waals surface area contributed by atoms with E-state index in [4.69, 9.17) is 0 Å². The Morgan fingerprint density at radius 2 is 1.52 bits per heavy atom. The Labute approximate surface area is 123 Å². The SMILES string of the molecule is CN(C)CCC(=O)Nn1c2ccccc2c2ccccc21. The summed E-state index contributed by atoms with van der Waals surface area (Å²) in [6, 6.07) is 16.2. The van der Waals surface area contributed by atoms with Crippen molar-refractivity contribution in [1.82, 2.24) is 9.58 Å². The highest BCUT2D eigenvalue weighted by atomic mass is 16.2. The molecule has 1 N–H and O–H groups in total. The summed E-state index contributed by atoms with van der Waals surface area (Å²) in [6.07, 6.45) is 0.480. The number of carbonyl (C=O) groups is 1. The topological polar surface area (TPSA) is 37.3 Å². The minimum atomic E-state index is 0.0233. The van der Waals surface area contributed by atoms with Crippen LogP contribution in [0.4, 0.5) is 0 Å². The van der Waals surface area contributed by atoms with Crippen LogP contribution in [0.15, 0.2) is 48.5 Å². The van der Waals surface area contributed by atoms with Gasteiger partial charge in [0.25, 0.3) is 0 Å². The van der Waals surface area contributed by atoms with E-state index >= 15 is 0 Å². The number of hydrogen-bond donors (Lipinski definition) is 1. The van der Waals surface area contributed by atoms with E-state index in [2.05, 4.69) is 17.6 Å². The van der Waals surface area contributed by atoms with Crippen molar-refractivity contribution >= 4 is 27.7 Å². The Balaban J connectivity index is 2.02. The third-order valence-corrected chi connectivity index (χ3v) is 3.60. The molecular formula is C17H19N3O. The zero-order chi connectivity index (χ0) is 14.8. The summed E-state index contributed by atoms with van der Waals surface area (Å²) in [7, 11) is 3.93. The molecule has 0 bridgehead atoms. The van der Waals surface area contributed by atoms with Gasteiger partial charge in [-0.1, -0.05) is 36.4 Å². The first-order valence-electron chi connectivity index (χ1n) is 7.09. The zero-order valence-electron chi connectivity index (χ0n) is 12.3. The number of fused-ring (bicyclic) bond motifs is 3. The highest BCUT2D eigenvalue weighted by molar-refractivity contribution is 6.09. The first kappa shape index (κ1) is 13.6. The van der Waals surface area contributed by atoms with Gasteiger partial charge in [0.1, 0.15) is 0 Å². The van der Waals surface area contributed by atoms with Crippen LogP contribution in [0.25, 0.3) is 21.8 Å². The van der Waals surface area contributed by atoms with E-state index in [1.54, 1.807) is 0 Å². The number of rotatable bonds is 4. The summed E-state index contributed by atoms with van der Waals surface area (Å²) >= 11 is 0. The average Bonchev–Trinajstić information content (AvgIpc) is 2.80. The lowest BCUT2D eigenvalue weighted by atomic mass is 10.2. The molecule has 4 heteroatoms. The van der Waals surface area contributed by atoms with Gasteiger partial charge in [-0.15, -0.1) is 0 Å². The van der Waals surface area contributed by atoms with Gasteiger partial charge in [-0.2, -0.15) is 0 Å². The highest BCUT2D eigenvalue weighted by Gasteiger charge is 2.11. The summed E-state index contributed by atoms with van der Waals surface area (Å²) < 4.78 is 1.89. The zero-order valence-corrected chi connectivity index (χ0v) is 12.3. The van der Waals surface area contributed by atoms with E-state index in [1.807, 2.05) is 60.1 Å². The molecule has 1 aromatic heterocycles. The van der Waals surface area contributed by atoms with Crippen LogP contribution in [0.2, 0.25) is 0 Å². The highest BCUT2D eigenvalue weighted by Crippen LogP contribution is 2.27. The Kier molecular flexibility index (Phi) is 3.62. The van der Waals surface area contributed by atoms with E-state index in [9.17, 15) is 4.79 Å². The number of aromatic nitrogens is 1. The Bertz CT molecular complexity index is 736. The van der Waals surface area contributed by atoms with Gasteiger partial charge in [0.15, 0.2) is 0 Å². The summed E-state index contributed by atoms with van der Waals surface area (Å²) in [5.74, 6) is 0.0233. The minimum Gasteiger partial charge on any atom is -0.309 e. The molecule has 3 rings (SSSR count). The molecule has 0 saturated carbocycles. The first-order chi connectivity index (χ1) is 10.2. The molecule has 108 valence electrons. The Hall–Kier alpha value is -2.33. The molecular weight excluding hydrogens is 262 g/mol. The van der Waals surface area contributed by atoms with Gasteiger partial charge in [0, 0.05) is 23.7 Å². The molecule has 0 radical (unpaired) electrons. The van der Waals surface area contributed by atoms with Crippen molar-refractivity contribution in [2.45, 2.75) is 6.42 Å². The second kappa shape index (κ2) is 5.58. The second-order valence-electron chi connectivity index (χ2n) is 5.46. The molecule has 1 amide bonds. The van der Waals surface area contributed by atoms with Crippen molar-refractivity contribution in [2.75, 3.05) is 26.1 Å². The number of hydrogen-bond acceptors (Lipinski definition) is 2. The first-order valence-corrected chi connectivity index (χ1v) is 7.09. The molecule has 0 aliphatic carbocycles. The van der Waals surface area contributed by atoms with E-state index in [1.165, 1.54) is 0 Å². The largest absolute Gasteiger partial charge is 0.309 e. The molecule has 3 aromatic rings. The molecule has 0 saturated heterocycles. The maximum Gasteiger partial charge on any atom is 0.240 e. The smallest absolute Gasteiger partial charge is 0.240 e. The van der Waals surface area contributed by atoms with Crippen molar-refractivity contribution in [2.24, 2.45) is 0 Å². The molecule has 0 aliphatic rings. The third kappa shape index (κ3) is 2.62.